The van der Waals surface area contributed by atoms with Crippen LogP contribution >= 0.6 is 11.3 Å². The molecule has 0 atom stereocenters. The highest BCUT2D eigenvalue weighted by Crippen LogP contribution is 2.24. The van der Waals surface area contributed by atoms with E-state index in [2.05, 4.69) is 0 Å². The van der Waals surface area contributed by atoms with Crippen LogP contribution < -0.4 is 0 Å². The summed E-state index contributed by atoms with van der Waals surface area (Å²) in [6.45, 7) is 3.34. The quantitative estimate of drug-likeness (QED) is 0.914. The molecule has 5 heteroatoms. The number of aliphatic carboxylic acids is 1. The van der Waals surface area contributed by atoms with Crippen molar-refractivity contribution in [1.82, 2.24) is 4.90 Å². The molecule has 1 fully saturated rings. The molecule has 1 aromatic heterocycles. The van der Waals surface area contributed by atoms with Crippen LogP contribution in [0.4, 0.5) is 0 Å². The summed E-state index contributed by atoms with van der Waals surface area (Å²) >= 11 is 1.52. The fourth-order valence-corrected chi connectivity index (χ4v) is 3.13. The number of likely N-dealkylation sites (tertiary alicyclic amines) is 1. The summed E-state index contributed by atoms with van der Waals surface area (Å²) in [4.78, 5) is 26.5. The molecule has 98 valence electrons. The van der Waals surface area contributed by atoms with Gasteiger partial charge in [0.15, 0.2) is 0 Å². The molecule has 0 spiro atoms. The lowest BCUT2D eigenvalue weighted by atomic mass is 9.93. The second-order valence-electron chi connectivity index (χ2n) is 4.74. The van der Waals surface area contributed by atoms with Crippen molar-refractivity contribution in [1.29, 1.82) is 0 Å². The third kappa shape index (κ3) is 3.10. The molecule has 2 rings (SSSR count). The van der Waals surface area contributed by atoms with Gasteiger partial charge in [-0.1, -0.05) is 0 Å². The predicted octanol–water partition coefficient (Wildman–Crippen LogP) is 2.38. The van der Waals surface area contributed by atoms with Gasteiger partial charge in [-0.05, 0) is 37.8 Å². The van der Waals surface area contributed by atoms with E-state index >= 15 is 0 Å². The number of carbonyl (C=O) groups excluding carboxylic acids is 1. The van der Waals surface area contributed by atoms with Gasteiger partial charge in [0, 0.05) is 24.4 Å². The van der Waals surface area contributed by atoms with Gasteiger partial charge in [-0.3, -0.25) is 9.59 Å². The van der Waals surface area contributed by atoms with E-state index in [0.717, 1.165) is 22.6 Å². The van der Waals surface area contributed by atoms with Crippen LogP contribution in [0.25, 0.3) is 0 Å². The molecule has 0 aromatic carbocycles. The van der Waals surface area contributed by atoms with Crippen LogP contribution in [-0.4, -0.2) is 35.0 Å². The highest BCUT2D eigenvalue weighted by Gasteiger charge is 2.25. The summed E-state index contributed by atoms with van der Waals surface area (Å²) in [6, 6.07) is 3.82. The first-order valence-electron chi connectivity index (χ1n) is 6.14. The van der Waals surface area contributed by atoms with Gasteiger partial charge >= 0.3 is 5.97 Å². The highest BCUT2D eigenvalue weighted by molar-refractivity contribution is 7.13. The number of nitrogens with zero attached hydrogens (tertiary/aromatic N) is 1. The number of piperidine rings is 1. The normalized spacial score (nSPS) is 16.8. The highest BCUT2D eigenvalue weighted by atomic mass is 32.1. The second kappa shape index (κ2) is 5.52. The van der Waals surface area contributed by atoms with Gasteiger partial charge in [0.1, 0.15) is 0 Å². The molecule has 0 aliphatic carbocycles. The minimum absolute atomic E-state index is 0.0851. The van der Waals surface area contributed by atoms with Gasteiger partial charge in [-0.15, -0.1) is 11.3 Å². The third-order valence-electron chi connectivity index (χ3n) is 3.32. The van der Waals surface area contributed by atoms with Gasteiger partial charge in [0.25, 0.3) is 5.91 Å². The molecule has 1 amide bonds. The Labute approximate surface area is 110 Å². The molecule has 4 nitrogen and oxygen atoms in total. The molecule has 18 heavy (non-hydrogen) atoms. The first kappa shape index (κ1) is 13.1. The molecule has 0 saturated carbocycles. The predicted molar refractivity (Wildman–Crippen MR) is 69.9 cm³/mol. The standard InChI is InChI=1S/C13H17NO3S/c1-9-2-3-11(18-9)13(17)14-6-4-10(5-7-14)8-12(15)16/h2-3,10H,4-8H2,1H3,(H,15,16). The zero-order valence-corrected chi connectivity index (χ0v) is 11.2. The van der Waals surface area contributed by atoms with E-state index in [-0.39, 0.29) is 18.2 Å². The molecule has 2 heterocycles. The van der Waals surface area contributed by atoms with E-state index in [1.165, 1.54) is 11.3 Å². The van der Waals surface area contributed by atoms with Gasteiger partial charge in [0.2, 0.25) is 0 Å². The molecule has 1 aliphatic rings. The monoisotopic (exact) mass is 267 g/mol. The van der Waals surface area contributed by atoms with Gasteiger partial charge < -0.3 is 10.0 Å². The molecule has 1 aromatic rings. The minimum Gasteiger partial charge on any atom is -0.481 e. The Morgan fingerprint density at radius 2 is 2.06 bits per heavy atom. The Morgan fingerprint density at radius 3 is 2.56 bits per heavy atom. The molecule has 0 radical (unpaired) electrons. The first-order chi connectivity index (χ1) is 8.56. The van der Waals surface area contributed by atoms with Crippen molar-refractivity contribution in [3.05, 3.63) is 21.9 Å². The fraction of sp³-hybridized carbons (Fsp3) is 0.538. The molecule has 0 unspecified atom stereocenters. The van der Waals surface area contributed by atoms with Crippen molar-refractivity contribution in [2.75, 3.05) is 13.1 Å². The van der Waals surface area contributed by atoms with Crippen molar-refractivity contribution < 1.29 is 14.7 Å². The van der Waals surface area contributed by atoms with E-state index < -0.39 is 5.97 Å². The van der Waals surface area contributed by atoms with Crippen LogP contribution in [0.15, 0.2) is 12.1 Å². The number of carbonyl (C=O) groups is 2. The molecule has 1 aliphatic heterocycles. The maximum Gasteiger partial charge on any atom is 0.303 e. The van der Waals surface area contributed by atoms with E-state index in [1.807, 2.05) is 24.0 Å². The zero-order valence-electron chi connectivity index (χ0n) is 10.4. The number of hydrogen-bond donors (Lipinski definition) is 1. The van der Waals surface area contributed by atoms with Gasteiger partial charge in [-0.2, -0.15) is 0 Å². The Hall–Kier alpha value is -1.36. The fourth-order valence-electron chi connectivity index (χ4n) is 2.29. The number of amides is 1. The van der Waals surface area contributed by atoms with Crippen molar-refractivity contribution in [3.8, 4) is 0 Å². The SMILES string of the molecule is Cc1ccc(C(=O)N2CCC(CC(=O)O)CC2)s1. The number of aryl methyl sites for hydroxylation is 1. The average molecular weight is 267 g/mol. The lowest BCUT2D eigenvalue weighted by molar-refractivity contribution is -0.138. The number of thiophene rings is 1. The smallest absolute Gasteiger partial charge is 0.303 e. The summed E-state index contributed by atoms with van der Waals surface area (Å²) < 4.78 is 0. The van der Waals surface area contributed by atoms with E-state index in [0.29, 0.717) is 13.1 Å². The topological polar surface area (TPSA) is 57.6 Å². The Kier molecular flexibility index (Phi) is 4.01. The summed E-state index contributed by atoms with van der Waals surface area (Å²) in [5.41, 5.74) is 0. The summed E-state index contributed by atoms with van der Waals surface area (Å²) in [7, 11) is 0. The zero-order chi connectivity index (χ0) is 13.1. The lowest BCUT2D eigenvalue weighted by Crippen LogP contribution is -2.38. The van der Waals surface area contributed by atoms with Crippen LogP contribution in [0.2, 0.25) is 0 Å². The van der Waals surface area contributed by atoms with Crippen LogP contribution in [0.3, 0.4) is 0 Å². The minimum atomic E-state index is -0.742. The summed E-state index contributed by atoms with van der Waals surface area (Å²) in [5.74, 6) is -0.438. The van der Waals surface area contributed by atoms with E-state index in [9.17, 15) is 9.59 Å². The van der Waals surface area contributed by atoms with Gasteiger partial charge in [0.05, 0.1) is 4.88 Å². The average Bonchev–Trinajstić information content (AvgIpc) is 2.75. The molecule has 0 bridgehead atoms. The Morgan fingerprint density at radius 1 is 1.39 bits per heavy atom. The largest absolute Gasteiger partial charge is 0.481 e. The van der Waals surface area contributed by atoms with Crippen LogP contribution in [0, 0.1) is 12.8 Å². The number of carboxylic acids is 1. The maximum absolute atomic E-state index is 12.2. The van der Waals surface area contributed by atoms with Gasteiger partial charge in [-0.25, -0.2) is 0 Å². The number of carboxylic acid groups (broad SMARTS) is 1. The van der Waals surface area contributed by atoms with E-state index in [4.69, 9.17) is 5.11 Å². The number of hydrogen-bond acceptors (Lipinski definition) is 3. The summed E-state index contributed by atoms with van der Waals surface area (Å²) in [5, 5.41) is 8.74. The third-order valence-corrected chi connectivity index (χ3v) is 4.30. The second-order valence-corrected chi connectivity index (χ2v) is 6.03. The molecular formula is C13H17NO3S. The maximum atomic E-state index is 12.2. The molecular weight excluding hydrogens is 250 g/mol. The van der Waals surface area contributed by atoms with Crippen molar-refractivity contribution >= 4 is 23.2 Å². The van der Waals surface area contributed by atoms with Crippen LogP contribution in [0.5, 0.6) is 0 Å². The van der Waals surface area contributed by atoms with Crippen molar-refractivity contribution in [2.24, 2.45) is 5.92 Å². The Bertz CT molecular complexity index is 447. The first-order valence-corrected chi connectivity index (χ1v) is 6.95. The molecule has 1 saturated heterocycles. The van der Waals surface area contributed by atoms with E-state index in [1.54, 1.807) is 0 Å². The van der Waals surface area contributed by atoms with Crippen molar-refractivity contribution in [2.45, 2.75) is 26.2 Å². The Balaban J connectivity index is 1.90. The summed E-state index contributed by atoms with van der Waals surface area (Å²) in [6.07, 6.45) is 1.81. The molecule has 1 N–H and O–H groups in total. The number of rotatable bonds is 3. The van der Waals surface area contributed by atoms with Crippen LogP contribution in [0.1, 0.15) is 33.8 Å². The van der Waals surface area contributed by atoms with Crippen LogP contribution in [-0.2, 0) is 4.79 Å². The lowest BCUT2D eigenvalue weighted by Gasteiger charge is -2.31. The van der Waals surface area contributed by atoms with Crippen molar-refractivity contribution in [3.63, 3.8) is 0 Å².